The first-order valence-electron chi connectivity index (χ1n) is 7.93. The predicted molar refractivity (Wildman–Crippen MR) is 101 cm³/mol. The molecule has 3 heterocycles. The average molecular weight is 367 g/mol. The molecule has 0 fully saturated rings. The lowest BCUT2D eigenvalue weighted by molar-refractivity contribution is 0.607. The largest absolute Gasteiger partial charge is 0.320 e. The van der Waals surface area contributed by atoms with E-state index >= 15 is 0 Å². The normalized spacial score (nSPS) is 11.8. The molecule has 26 heavy (non-hydrogen) atoms. The average Bonchev–Trinajstić information content (AvgIpc) is 3.19. The lowest BCUT2D eigenvalue weighted by Crippen LogP contribution is -2.09. The van der Waals surface area contributed by atoms with E-state index in [0.29, 0.717) is 5.69 Å². The van der Waals surface area contributed by atoms with E-state index in [-0.39, 0.29) is 0 Å². The van der Waals surface area contributed by atoms with Crippen LogP contribution in [0.3, 0.4) is 0 Å². The van der Waals surface area contributed by atoms with Crippen molar-refractivity contribution in [3.8, 4) is 22.4 Å². The van der Waals surface area contributed by atoms with E-state index in [2.05, 4.69) is 20.9 Å². The zero-order chi connectivity index (χ0) is 18.3. The van der Waals surface area contributed by atoms with Gasteiger partial charge in [0.1, 0.15) is 0 Å². The van der Waals surface area contributed by atoms with Gasteiger partial charge < -0.3 is 4.40 Å². The van der Waals surface area contributed by atoms with Gasteiger partial charge in [-0.1, -0.05) is 12.1 Å². The second-order valence-corrected chi connectivity index (χ2v) is 7.90. The van der Waals surface area contributed by atoms with Gasteiger partial charge >= 0.3 is 0 Å². The maximum Gasteiger partial charge on any atom is 0.229 e. The van der Waals surface area contributed by atoms with Gasteiger partial charge in [-0.05, 0) is 18.2 Å². The first-order valence-corrected chi connectivity index (χ1v) is 9.82. The van der Waals surface area contributed by atoms with E-state index in [9.17, 15) is 8.42 Å². The molecule has 8 heteroatoms. The lowest BCUT2D eigenvalue weighted by Gasteiger charge is -2.06. The lowest BCUT2D eigenvalue weighted by atomic mass is 10.1. The van der Waals surface area contributed by atoms with E-state index < -0.39 is 10.0 Å². The van der Waals surface area contributed by atoms with Crippen molar-refractivity contribution in [3.63, 3.8) is 0 Å². The second kappa shape index (κ2) is 5.99. The molecule has 132 valence electrons. The molecule has 7 nitrogen and oxygen atoms in total. The highest BCUT2D eigenvalue weighted by atomic mass is 32.2. The van der Waals surface area contributed by atoms with Crippen LogP contribution < -0.4 is 4.72 Å². The van der Waals surface area contributed by atoms with Crippen LogP contribution in [0.2, 0.25) is 0 Å². The van der Waals surface area contributed by atoms with Crippen LogP contribution in [0.25, 0.3) is 27.9 Å². The van der Waals surface area contributed by atoms with E-state index in [0.717, 1.165) is 34.2 Å². The van der Waals surface area contributed by atoms with Crippen LogP contribution in [0, 0.1) is 0 Å². The molecule has 0 unspecified atom stereocenters. The quantitative estimate of drug-likeness (QED) is 0.601. The first-order chi connectivity index (χ1) is 12.4. The molecule has 0 atom stereocenters. The monoisotopic (exact) mass is 367 g/mol. The fourth-order valence-corrected chi connectivity index (χ4v) is 3.46. The molecule has 0 amide bonds. The summed E-state index contributed by atoms with van der Waals surface area (Å²) in [5.74, 6) is 0. The highest BCUT2D eigenvalue weighted by Crippen LogP contribution is 2.29. The van der Waals surface area contributed by atoms with Crippen LogP contribution in [-0.4, -0.2) is 33.8 Å². The molecule has 4 rings (SSSR count). The van der Waals surface area contributed by atoms with Gasteiger partial charge in [-0.3, -0.25) is 14.4 Å². The van der Waals surface area contributed by atoms with Gasteiger partial charge in [-0.2, -0.15) is 5.10 Å². The Bertz CT molecular complexity index is 1190. The third-order valence-corrected chi connectivity index (χ3v) is 4.63. The summed E-state index contributed by atoms with van der Waals surface area (Å²) in [5.41, 5.74) is 5.32. The highest BCUT2D eigenvalue weighted by Gasteiger charge is 2.11. The summed E-state index contributed by atoms with van der Waals surface area (Å²) in [7, 11) is -1.41. The minimum Gasteiger partial charge on any atom is -0.320 e. The molecule has 0 radical (unpaired) electrons. The number of rotatable bonds is 4. The van der Waals surface area contributed by atoms with Crippen LogP contribution >= 0.6 is 0 Å². The number of fused-ring (bicyclic) bond motifs is 1. The van der Waals surface area contributed by atoms with E-state index in [4.69, 9.17) is 0 Å². The summed E-state index contributed by atoms with van der Waals surface area (Å²) in [4.78, 5) is 4.51. The smallest absolute Gasteiger partial charge is 0.229 e. The minimum absolute atomic E-state index is 0.523. The number of benzene rings is 1. The topological polar surface area (TPSA) is 81.3 Å². The van der Waals surface area contributed by atoms with Crippen molar-refractivity contribution in [2.75, 3.05) is 11.0 Å². The molecule has 1 N–H and O–H groups in total. The Morgan fingerprint density at radius 1 is 1.04 bits per heavy atom. The van der Waals surface area contributed by atoms with Crippen molar-refractivity contribution in [2.24, 2.45) is 7.05 Å². The number of aromatic nitrogens is 4. The summed E-state index contributed by atoms with van der Waals surface area (Å²) in [5, 5.41) is 4.22. The Morgan fingerprint density at radius 2 is 1.81 bits per heavy atom. The van der Waals surface area contributed by atoms with Gasteiger partial charge in [0.25, 0.3) is 0 Å². The van der Waals surface area contributed by atoms with Crippen LogP contribution in [0.4, 0.5) is 5.69 Å². The Balaban J connectivity index is 1.75. The molecule has 0 aliphatic carbocycles. The molecular formula is C18H17N5O2S. The molecular weight excluding hydrogens is 350 g/mol. The number of nitrogens with one attached hydrogen (secondary N) is 1. The Labute approximate surface area is 151 Å². The summed E-state index contributed by atoms with van der Waals surface area (Å²) in [6.07, 6.45) is 10.6. The maximum atomic E-state index is 11.3. The van der Waals surface area contributed by atoms with Crippen molar-refractivity contribution < 1.29 is 8.42 Å². The van der Waals surface area contributed by atoms with E-state index in [1.165, 1.54) is 0 Å². The van der Waals surface area contributed by atoms with Gasteiger partial charge in [0, 0.05) is 54.2 Å². The molecule has 0 aliphatic rings. The van der Waals surface area contributed by atoms with Crippen LogP contribution in [-0.2, 0) is 17.1 Å². The Kier molecular flexibility index (Phi) is 3.77. The molecule has 4 aromatic rings. The summed E-state index contributed by atoms with van der Waals surface area (Å²) < 4.78 is 28.9. The zero-order valence-electron chi connectivity index (χ0n) is 14.3. The van der Waals surface area contributed by atoms with E-state index in [1.807, 2.05) is 48.4 Å². The maximum absolute atomic E-state index is 11.3. The first kappa shape index (κ1) is 16.3. The molecule has 0 spiro atoms. The number of sulfonamides is 1. The van der Waals surface area contributed by atoms with Crippen molar-refractivity contribution in [1.82, 2.24) is 19.2 Å². The van der Waals surface area contributed by atoms with Crippen molar-refractivity contribution >= 4 is 21.2 Å². The van der Waals surface area contributed by atoms with Gasteiger partial charge in [0.05, 0.1) is 23.7 Å². The summed E-state index contributed by atoms with van der Waals surface area (Å²) in [6, 6.07) is 9.24. The summed E-state index contributed by atoms with van der Waals surface area (Å²) in [6.45, 7) is 0. The number of nitrogens with zero attached hydrogens (tertiary/aromatic N) is 4. The Morgan fingerprint density at radius 3 is 2.46 bits per heavy atom. The highest BCUT2D eigenvalue weighted by molar-refractivity contribution is 7.92. The number of aryl methyl sites for hydroxylation is 1. The summed E-state index contributed by atoms with van der Waals surface area (Å²) >= 11 is 0. The van der Waals surface area contributed by atoms with Gasteiger partial charge in [-0.25, -0.2) is 8.42 Å². The fraction of sp³-hybridized carbons (Fsp3) is 0.111. The standard InChI is InChI=1S/C18H17N5O2S/c1-22-11-15(10-20-22)14-9-17-18(19-7-8-23(17)12-14)13-3-5-16(6-4-13)21-26(2,24)25/h3-12,21H,1-2H3. The van der Waals surface area contributed by atoms with Crippen LogP contribution in [0.5, 0.6) is 0 Å². The van der Waals surface area contributed by atoms with Crippen LogP contribution in [0.1, 0.15) is 0 Å². The van der Waals surface area contributed by atoms with Gasteiger partial charge in [-0.15, -0.1) is 0 Å². The third-order valence-electron chi connectivity index (χ3n) is 4.02. The molecule has 0 saturated carbocycles. The predicted octanol–water partition coefficient (Wildman–Crippen LogP) is 2.77. The van der Waals surface area contributed by atoms with Crippen molar-refractivity contribution in [2.45, 2.75) is 0 Å². The SMILES string of the molecule is Cn1cc(-c2cc3c(-c4ccc(NS(C)(=O)=O)cc4)nccn3c2)cn1. The van der Waals surface area contributed by atoms with E-state index in [1.54, 1.807) is 23.0 Å². The van der Waals surface area contributed by atoms with Crippen LogP contribution in [0.15, 0.2) is 61.3 Å². The van der Waals surface area contributed by atoms with Gasteiger partial charge in [0.2, 0.25) is 10.0 Å². The molecule has 0 saturated heterocycles. The zero-order valence-corrected chi connectivity index (χ0v) is 15.1. The minimum atomic E-state index is -3.29. The molecule has 0 bridgehead atoms. The van der Waals surface area contributed by atoms with Crippen molar-refractivity contribution in [1.29, 1.82) is 0 Å². The van der Waals surface area contributed by atoms with Crippen molar-refractivity contribution in [3.05, 3.63) is 61.3 Å². The second-order valence-electron chi connectivity index (χ2n) is 6.15. The number of hydrogen-bond acceptors (Lipinski definition) is 4. The number of hydrogen-bond donors (Lipinski definition) is 1. The third kappa shape index (κ3) is 3.18. The molecule has 1 aromatic carbocycles. The molecule has 3 aromatic heterocycles. The Hall–Kier alpha value is -3.13. The fourth-order valence-electron chi connectivity index (χ4n) is 2.90. The molecule has 0 aliphatic heterocycles. The number of anilines is 1. The van der Waals surface area contributed by atoms with Gasteiger partial charge in [0.15, 0.2) is 0 Å².